The van der Waals surface area contributed by atoms with Crippen LogP contribution in [0.1, 0.15) is 154 Å². The molecule has 0 atom stereocenters. The quantitative estimate of drug-likeness (QED) is 0.416. The Morgan fingerprint density at radius 3 is 1.00 bits per heavy atom. The topological polar surface area (TPSA) is 60.7 Å². The van der Waals surface area contributed by atoms with Crippen molar-refractivity contribution in [2.45, 2.75) is 160 Å². The second-order valence-electron chi connectivity index (χ2n) is 9.83. The van der Waals surface area contributed by atoms with E-state index < -0.39 is 5.97 Å². The molecule has 1 rings (SSSR count). The summed E-state index contributed by atoms with van der Waals surface area (Å²) in [6.45, 7) is 0. The van der Waals surface area contributed by atoms with Crippen molar-refractivity contribution in [2.75, 3.05) is 0 Å². The lowest BCUT2D eigenvalue weighted by Gasteiger charge is -2.19. The van der Waals surface area contributed by atoms with Gasteiger partial charge in [0.15, 0.2) is 0 Å². The summed E-state index contributed by atoms with van der Waals surface area (Å²) in [5.74, 6) is -1.79. The Bertz CT molecular complexity index is 315. The van der Waals surface area contributed by atoms with E-state index in [0.29, 0.717) is 12.3 Å². The lowest BCUT2D eigenvalue weighted by molar-refractivity contribution is -0.315. The third-order valence-electron chi connectivity index (χ3n) is 6.85. The minimum absolute atomic E-state index is 0.0729. The van der Waals surface area contributed by atoms with Crippen molar-refractivity contribution in [1.29, 1.82) is 0 Å². The lowest BCUT2D eigenvalue weighted by atomic mass is 9.89. The van der Waals surface area contributed by atoms with Crippen molar-refractivity contribution in [3.8, 4) is 0 Å². The van der Waals surface area contributed by atoms with Crippen LogP contribution in [-0.2, 0) is 0 Å². The standard InChI is InChI=1S/C26H52O3/c27-26(28,29)24-20-23-25-21-18-16-14-12-10-8-6-4-2-1-3-5-7-9-11-13-15-17-19-22-25/h25,27-29H,1-24H2. The molecule has 0 spiro atoms. The first-order valence-corrected chi connectivity index (χ1v) is 13.2. The van der Waals surface area contributed by atoms with Gasteiger partial charge in [-0.25, -0.2) is 0 Å². The average molecular weight is 413 g/mol. The first kappa shape index (κ1) is 26.9. The molecule has 0 aromatic carbocycles. The van der Waals surface area contributed by atoms with E-state index in [1.54, 1.807) is 0 Å². The van der Waals surface area contributed by atoms with Gasteiger partial charge in [0, 0.05) is 6.42 Å². The molecule has 1 aliphatic carbocycles. The molecule has 1 aliphatic rings. The molecule has 0 unspecified atom stereocenters. The van der Waals surface area contributed by atoms with Gasteiger partial charge in [0.1, 0.15) is 0 Å². The van der Waals surface area contributed by atoms with Crippen molar-refractivity contribution in [2.24, 2.45) is 5.92 Å². The van der Waals surface area contributed by atoms with Gasteiger partial charge in [-0.15, -0.1) is 0 Å². The first-order valence-electron chi connectivity index (χ1n) is 13.2. The molecule has 1 fully saturated rings. The average Bonchev–Trinajstić information content (AvgIpc) is 2.67. The molecule has 3 nitrogen and oxygen atoms in total. The molecule has 0 amide bonds. The zero-order valence-electron chi connectivity index (χ0n) is 19.4. The van der Waals surface area contributed by atoms with Gasteiger partial charge in [0.05, 0.1) is 0 Å². The molecule has 0 aliphatic heterocycles. The minimum Gasteiger partial charge on any atom is -0.344 e. The summed E-state index contributed by atoms with van der Waals surface area (Å²) in [5, 5.41) is 27.4. The Hall–Kier alpha value is -0.120. The van der Waals surface area contributed by atoms with Gasteiger partial charge in [-0.05, 0) is 12.3 Å². The Labute approximate surface area is 181 Å². The van der Waals surface area contributed by atoms with Gasteiger partial charge < -0.3 is 15.3 Å². The maximum Gasteiger partial charge on any atom is 0.275 e. The number of rotatable bonds is 4. The van der Waals surface area contributed by atoms with E-state index in [0.717, 1.165) is 6.42 Å². The summed E-state index contributed by atoms with van der Waals surface area (Å²) in [4.78, 5) is 0. The van der Waals surface area contributed by atoms with E-state index in [1.807, 2.05) is 0 Å². The fourth-order valence-electron chi connectivity index (χ4n) is 4.93. The number of hydrogen-bond donors (Lipinski definition) is 3. The largest absolute Gasteiger partial charge is 0.344 e. The second kappa shape index (κ2) is 18.6. The third-order valence-corrected chi connectivity index (χ3v) is 6.85. The smallest absolute Gasteiger partial charge is 0.275 e. The van der Waals surface area contributed by atoms with E-state index in [1.165, 1.54) is 135 Å². The first-order chi connectivity index (χ1) is 14.1. The maximum atomic E-state index is 9.13. The van der Waals surface area contributed by atoms with Crippen molar-refractivity contribution in [3.63, 3.8) is 0 Å². The highest BCUT2D eigenvalue weighted by Crippen LogP contribution is 2.25. The molecular weight excluding hydrogens is 360 g/mol. The summed E-state index contributed by atoms with van der Waals surface area (Å²) < 4.78 is 0. The Morgan fingerprint density at radius 2 is 0.724 bits per heavy atom. The number of aliphatic hydroxyl groups is 3. The summed E-state index contributed by atoms with van der Waals surface area (Å²) in [6, 6.07) is 0. The Morgan fingerprint density at radius 1 is 0.448 bits per heavy atom. The summed E-state index contributed by atoms with van der Waals surface area (Å²) in [7, 11) is 0. The monoisotopic (exact) mass is 412 g/mol. The summed E-state index contributed by atoms with van der Waals surface area (Å²) >= 11 is 0. The van der Waals surface area contributed by atoms with Crippen LogP contribution in [-0.4, -0.2) is 21.3 Å². The fourth-order valence-corrected chi connectivity index (χ4v) is 4.93. The second-order valence-corrected chi connectivity index (χ2v) is 9.83. The molecular formula is C26H52O3. The lowest BCUT2D eigenvalue weighted by Crippen LogP contribution is -2.26. The van der Waals surface area contributed by atoms with E-state index >= 15 is 0 Å². The number of hydrogen-bond acceptors (Lipinski definition) is 3. The van der Waals surface area contributed by atoms with Crippen LogP contribution in [0.15, 0.2) is 0 Å². The van der Waals surface area contributed by atoms with Crippen molar-refractivity contribution in [1.82, 2.24) is 0 Å². The van der Waals surface area contributed by atoms with Gasteiger partial charge in [0.25, 0.3) is 5.97 Å². The van der Waals surface area contributed by atoms with Crippen molar-refractivity contribution < 1.29 is 15.3 Å². The zero-order valence-corrected chi connectivity index (χ0v) is 19.4. The molecule has 3 heteroatoms. The molecule has 174 valence electrons. The molecule has 0 aromatic rings. The van der Waals surface area contributed by atoms with Crippen LogP contribution in [0.5, 0.6) is 0 Å². The Kier molecular flexibility index (Phi) is 17.3. The highest BCUT2D eigenvalue weighted by Gasteiger charge is 2.18. The van der Waals surface area contributed by atoms with Crippen LogP contribution >= 0.6 is 0 Å². The SMILES string of the molecule is OC(O)(O)CCCC1CCCCCCCCCCCCCCCCCCCCC1. The van der Waals surface area contributed by atoms with Gasteiger partial charge in [-0.3, -0.25) is 0 Å². The van der Waals surface area contributed by atoms with Gasteiger partial charge in [-0.2, -0.15) is 0 Å². The molecule has 29 heavy (non-hydrogen) atoms. The Balaban J connectivity index is 2.27. The van der Waals surface area contributed by atoms with Crippen molar-refractivity contribution in [3.05, 3.63) is 0 Å². The van der Waals surface area contributed by atoms with Crippen LogP contribution in [0.25, 0.3) is 0 Å². The van der Waals surface area contributed by atoms with Crippen LogP contribution in [0, 0.1) is 5.92 Å². The predicted molar refractivity (Wildman–Crippen MR) is 124 cm³/mol. The molecule has 0 saturated heterocycles. The molecule has 1 saturated carbocycles. The minimum atomic E-state index is -2.48. The molecule has 0 radical (unpaired) electrons. The summed E-state index contributed by atoms with van der Waals surface area (Å²) in [5.41, 5.74) is 0. The summed E-state index contributed by atoms with van der Waals surface area (Å²) in [6.07, 6.45) is 31.0. The van der Waals surface area contributed by atoms with Gasteiger partial charge in [-0.1, -0.05) is 141 Å². The fraction of sp³-hybridized carbons (Fsp3) is 1.00. The molecule has 3 N–H and O–H groups in total. The molecule has 0 bridgehead atoms. The van der Waals surface area contributed by atoms with E-state index in [-0.39, 0.29) is 6.42 Å². The van der Waals surface area contributed by atoms with E-state index in [2.05, 4.69) is 0 Å². The van der Waals surface area contributed by atoms with Crippen LogP contribution in [0.3, 0.4) is 0 Å². The molecule has 0 heterocycles. The molecule has 0 aromatic heterocycles. The van der Waals surface area contributed by atoms with E-state index in [4.69, 9.17) is 15.3 Å². The predicted octanol–water partition coefficient (Wildman–Crippen LogP) is 7.61. The highest BCUT2D eigenvalue weighted by atomic mass is 16.7. The van der Waals surface area contributed by atoms with Crippen LogP contribution in [0.2, 0.25) is 0 Å². The highest BCUT2D eigenvalue weighted by molar-refractivity contribution is 4.63. The van der Waals surface area contributed by atoms with Gasteiger partial charge in [0.2, 0.25) is 0 Å². The van der Waals surface area contributed by atoms with Crippen LogP contribution in [0.4, 0.5) is 0 Å². The maximum absolute atomic E-state index is 9.13. The normalized spacial score (nSPS) is 22.4. The van der Waals surface area contributed by atoms with E-state index in [9.17, 15) is 0 Å². The third kappa shape index (κ3) is 19.6. The van der Waals surface area contributed by atoms with Crippen molar-refractivity contribution >= 4 is 0 Å². The zero-order chi connectivity index (χ0) is 21.0. The van der Waals surface area contributed by atoms with Crippen LogP contribution < -0.4 is 0 Å². The van der Waals surface area contributed by atoms with Gasteiger partial charge >= 0.3 is 0 Å².